The lowest BCUT2D eigenvalue weighted by Crippen LogP contribution is -2.49. The maximum Gasteiger partial charge on any atom is 0.326 e. The molecule has 0 aromatic rings. The molecule has 0 aromatic heterocycles. The highest BCUT2D eigenvalue weighted by Gasteiger charge is 2.32. The molecule has 1 aliphatic rings. The molecule has 1 fully saturated rings. The quantitative estimate of drug-likeness (QED) is 0.700. The van der Waals surface area contributed by atoms with Crippen molar-refractivity contribution in [1.29, 1.82) is 0 Å². The van der Waals surface area contributed by atoms with Crippen LogP contribution in [0.3, 0.4) is 0 Å². The first kappa shape index (κ1) is 18.4. The van der Waals surface area contributed by atoms with Crippen LogP contribution in [-0.4, -0.2) is 49.2 Å². The lowest BCUT2D eigenvalue weighted by Gasteiger charge is -2.31. The first-order valence-corrected chi connectivity index (χ1v) is 8.67. The average Bonchev–Trinajstić information content (AvgIpc) is 2.72. The Kier molecular flexibility index (Phi) is 8.27. The zero-order chi connectivity index (χ0) is 15.7. The van der Waals surface area contributed by atoms with Crippen molar-refractivity contribution in [2.24, 2.45) is 0 Å². The van der Waals surface area contributed by atoms with E-state index < -0.39 is 5.54 Å². The lowest BCUT2D eigenvalue weighted by molar-refractivity contribution is -0.150. The van der Waals surface area contributed by atoms with Crippen LogP contribution in [0.15, 0.2) is 0 Å². The van der Waals surface area contributed by atoms with Gasteiger partial charge in [0.15, 0.2) is 0 Å². The number of hydrogen-bond donors (Lipinski definition) is 1. The van der Waals surface area contributed by atoms with Crippen LogP contribution in [0.5, 0.6) is 0 Å². The van der Waals surface area contributed by atoms with E-state index >= 15 is 0 Å². The summed E-state index contributed by atoms with van der Waals surface area (Å²) in [6.07, 6.45) is 8.48. The molecule has 2 atom stereocenters. The zero-order valence-electron chi connectivity index (χ0n) is 14.4. The number of nitrogens with one attached hydrogen (secondary N) is 1. The van der Waals surface area contributed by atoms with E-state index in [2.05, 4.69) is 17.1 Å². The number of ether oxygens (including phenoxy) is 1. The molecule has 4 heteroatoms. The van der Waals surface area contributed by atoms with E-state index in [-0.39, 0.29) is 5.97 Å². The smallest absolute Gasteiger partial charge is 0.326 e. The molecule has 1 heterocycles. The van der Waals surface area contributed by atoms with Crippen molar-refractivity contribution in [3.8, 4) is 0 Å². The molecule has 0 spiro atoms. The summed E-state index contributed by atoms with van der Waals surface area (Å²) in [7, 11) is 1.84. The number of likely N-dealkylation sites (N-methyl/N-ethyl adjacent to an activating group) is 1. The van der Waals surface area contributed by atoms with Crippen LogP contribution in [0.2, 0.25) is 0 Å². The molecular weight excluding hydrogens is 264 g/mol. The highest BCUT2D eigenvalue weighted by Crippen LogP contribution is 2.21. The zero-order valence-corrected chi connectivity index (χ0v) is 14.4. The normalized spacial score (nSPS) is 23.3. The number of carbonyl (C=O) groups is 1. The maximum absolute atomic E-state index is 12.1. The second-order valence-corrected chi connectivity index (χ2v) is 6.35. The van der Waals surface area contributed by atoms with Gasteiger partial charge >= 0.3 is 5.97 Å². The highest BCUT2D eigenvalue weighted by atomic mass is 16.5. The molecular formula is C17H34N2O2. The molecule has 0 saturated carbocycles. The van der Waals surface area contributed by atoms with Gasteiger partial charge in [-0.25, -0.2) is 0 Å². The van der Waals surface area contributed by atoms with Crippen molar-refractivity contribution in [1.82, 2.24) is 10.2 Å². The van der Waals surface area contributed by atoms with Crippen molar-refractivity contribution in [3.05, 3.63) is 0 Å². The van der Waals surface area contributed by atoms with E-state index in [4.69, 9.17) is 4.74 Å². The predicted molar refractivity (Wildman–Crippen MR) is 87.5 cm³/mol. The Balaban J connectivity index is 2.47. The van der Waals surface area contributed by atoms with Crippen molar-refractivity contribution in [2.45, 2.75) is 77.3 Å². The Morgan fingerprint density at radius 3 is 2.71 bits per heavy atom. The van der Waals surface area contributed by atoms with Crippen LogP contribution in [0.1, 0.15) is 65.7 Å². The van der Waals surface area contributed by atoms with E-state index in [1.807, 2.05) is 20.9 Å². The van der Waals surface area contributed by atoms with Gasteiger partial charge in [-0.15, -0.1) is 0 Å². The summed E-state index contributed by atoms with van der Waals surface area (Å²) in [6.45, 7) is 8.85. The van der Waals surface area contributed by atoms with Gasteiger partial charge in [0.05, 0.1) is 6.61 Å². The third kappa shape index (κ3) is 5.59. The monoisotopic (exact) mass is 298 g/mol. The first-order valence-electron chi connectivity index (χ1n) is 8.67. The number of carbonyl (C=O) groups excluding carboxylic acids is 1. The number of likely N-dealkylation sites (tertiary alicyclic amines) is 1. The second kappa shape index (κ2) is 9.42. The standard InChI is InChI=1S/C17H34N2O2/c1-5-15-11-8-7-9-13-19(15)14-10-12-17(3,18-4)16(20)21-6-2/h15,18H,5-14H2,1-4H3. The van der Waals surface area contributed by atoms with Crippen molar-refractivity contribution < 1.29 is 9.53 Å². The molecule has 2 unspecified atom stereocenters. The molecule has 0 aromatic carbocycles. The third-order valence-electron chi connectivity index (χ3n) is 4.87. The van der Waals surface area contributed by atoms with Crippen LogP contribution in [-0.2, 0) is 9.53 Å². The summed E-state index contributed by atoms with van der Waals surface area (Å²) in [6, 6.07) is 0.732. The molecule has 1 rings (SSSR count). The minimum atomic E-state index is -0.552. The fourth-order valence-corrected chi connectivity index (χ4v) is 3.25. The van der Waals surface area contributed by atoms with E-state index in [0.29, 0.717) is 6.61 Å². The summed E-state index contributed by atoms with van der Waals surface area (Å²) in [5, 5.41) is 3.15. The Morgan fingerprint density at radius 1 is 1.33 bits per heavy atom. The molecule has 124 valence electrons. The molecule has 0 aliphatic carbocycles. The van der Waals surface area contributed by atoms with E-state index in [0.717, 1.165) is 25.4 Å². The van der Waals surface area contributed by atoms with Gasteiger partial charge in [-0.3, -0.25) is 4.79 Å². The Bertz CT molecular complexity index is 309. The first-order chi connectivity index (χ1) is 10.1. The SMILES string of the molecule is CCOC(=O)C(C)(CCCN1CCCCCC1CC)NC. The second-order valence-electron chi connectivity index (χ2n) is 6.35. The molecule has 0 radical (unpaired) electrons. The van der Waals surface area contributed by atoms with Gasteiger partial charge in [0.2, 0.25) is 0 Å². The minimum absolute atomic E-state index is 0.129. The maximum atomic E-state index is 12.1. The van der Waals surface area contributed by atoms with E-state index in [1.54, 1.807) is 0 Å². The number of rotatable bonds is 8. The summed E-state index contributed by atoms with van der Waals surface area (Å²) in [4.78, 5) is 14.7. The predicted octanol–water partition coefficient (Wildman–Crippen LogP) is 2.96. The summed E-state index contributed by atoms with van der Waals surface area (Å²) < 4.78 is 5.19. The van der Waals surface area contributed by atoms with Crippen molar-refractivity contribution in [2.75, 3.05) is 26.7 Å². The Morgan fingerprint density at radius 2 is 2.10 bits per heavy atom. The van der Waals surface area contributed by atoms with Crippen molar-refractivity contribution in [3.63, 3.8) is 0 Å². The van der Waals surface area contributed by atoms with E-state index in [1.165, 1.54) is 38.6 Å². The topological polar surface area (TPSA) is 41.6 Å². The van der Waals surface area contributed by atoms with Crippen LogP contribution in [0, 0.1) is 0 Å². The van der Waals surface area contributed by atoms with Gasteiger partial charge in [-0.2, -0.15) is 0 Å². The molecule has 0 amide bonds. The number of nitrogens with zero attached hydrogens (tertiary/aromatic N) is 1. The van der Waals surface area contributed by atoms with Crippen LogP contribution in [0.25, 0.3) is 0 Å². The highest BCUT2D eigenvalue weighted by molar-refractivity contribution is 5.80. The van der Waals surface area contributed by atoms with Gasteiger partial charge < -0.3 is 15.0 Å². The van der Waals surface area contributed by atoms with Crippen LogP contribution >= 0.6 is 0 Å². The largest absolute Gasteiger partial charge is 0.465 e. The third-order valence-corrected chi connectivity index (χ3v) is 4.87. The molecule has 4 nitrogen and oxygen atoms in total. The molecule has 21 heavy (non-hydrogen) atoms. The van der Waals surface area contributed by atoms with Gasteiger partial charge in [-0.05, 0) is 66.1 Å². The molecule has 1 N–H and O–H groups in total. The van der Waals surface area contributed by atoms with Gasteiger partial charge in [0.1, 0.15) is 5.54 Å². The van der Waals surface area contributed by atoms with Crippen LogP contribution < -0.4 is 5.32 Å². The Labute approximate surface area is 130 Å². The molecule has 1 aliphatic heterocycles. The fourth-order valence-electron chi connectivity index (χ4n) is 3.25. The van der Waals surface area contributed by atoms with Gasteiger partial charge in [0, 0.05) is 6.04 Å². The van der Waals surface area contributed by atoms with Gasteiger partial charge in [0.25, 0.3) is 0 Å². The summed E-state index contributed by atoms with van der Waals surface area (Å²) >= 11 is 0. The van der Waals surface area contributed by atoms with Crippen molar-refractivity contribution >= 4 is 5.97 Å². The van der Waals surface area contributed by atoms with E-state index in [9.17, 15) is 4.79 Å². The lowest BCUT2D eigenvalue weighted by atomic mass is 9.95. The van der Waals surface area contributed by atoms with Crippen LogP contribution in [0.4, 0.5) is 0 Å². The average molecular weight is 298 g/mol. The molecule has 0 bridgehead atoms. The minimum Gasteiger partial charge on any atom is -0.465 e. The number of hydrogen-bond acceptors (Lipinski definition) is 4. The Hall–Kier alpha value is -0.610. The summed E-state index contributed by atoms with van der Waals surface area (Å²) in [5.41, 5.74) is -0.552. The summed E-state index contributed by atoms with van der Waals surface area (Å²) in [5.74, 6) is -0.129. The molecule has 1 saturated heterocycles. The number of esters is 1. The fraction of sp³-hybridized carbons (Fsp3) is 0.941. The van der Waals surface area contributed by atoms with Gasteiger partial charge in [-0.1, -0.05) is 19.8 Å².